The second kappa shape index (κ2) is 12.6. The maximum Gasteiger partial charge on any atom is 0.410 e. The molecule has 0 unspecified atom stereocenters. The van der Waals surface area contributed by atoms with Crippen molar-refractivity contribution in [2.45, 2.75) is 110 Å². The van der Waals surface area contributed by atoms with Gasteiger partial charge in [0.15, 0.2) is 0 Å². The largest absolute Gasteiger partial charge is 0.444 e. The van der Waals surface area contributed by atoms with Gasteiger partial charge in [0.25, 0.3) is 0 Å². The van der Waals surface area contributed by atoms with Crippen LogP contribution in [-0.4, -0.2) is 68.0 Å². The number of H-pyrrole nitrogens is 1. The van der Waals surface area contributed by atoms with Gasteiger partial charge in [-0.3, -0.25) is 14.8 Å². The smallest absolute Gasteiger partial charge is 0.410 e. The van der Waals surface area contributed by atoms with Gasteiger partial charge in [-0.05, 0) is 114 Å². The number of carbonyl (C=O) groups is 2. The van der Waals surface area contributed by atoms with E-state index in [9.17, 15) is 9.59 Å². The van der Waals surface area contributed by atoms with Gasteiger partial charge in [0.1, 0.15) is 17.0 Å². The van der Waals surface area contributed by atoms with E-state index in [1.54, 1.807) is 4.90 Å². The van der Waals surface area contributed by atoms with Crippen LogP contribution in [0.1, 0.15) is 97.5 Å². The number of hydrogen-bond acceptors (Lipinski definition) is 6. The highest BCUT2D eigenvalue weighted by Crippen LogP contribution is 2.34. The van der Waals surface area contributed by atoms with Crippen molar-refractivity contribution in [3.8, 4) is 11.1 Å². The Morgan fingerprint density at radius 1 is 0.826 bits per heavy atom. The summed E-state index contributed by atoms with van der Waals surface area (Å²) in [6.07, 6.45) is 7.89. The maximum atomic E-state index is 12.8. The summed E-state index contributed by atoms with van der Waals surface area (Å²) < 4.78 is 11.3. The molecule has 4 heterocycles. The molecule has 244 valence electrons. The van der Waals surface area contributed by atoms with E-state index in [0.717, 1.165) is 85.2 Å². The van der Waals surface area contributed by atoms with Crippen molar-refractivity contribution in [1.29, 1.82) is 0 Å². The quantitative estimate of drug-likeness (QED) is 0.297. The number of fused-ring (bicyclic) bond motifs is 1. The predicted molar refractivity (Wildman–Crippen MR) is 181 cm³/mol. The van der Waals surface area contributed by atoms with E-state index in [0.29, 0.717) is 6.54 Å². The molecule has 3 aliphatic heterocycles. The van der Waals surface area contributed by atoms with Gasteiger partial charge in [0.2, 0.25) is 0 Å². The first-order valence-corrected chi connectivity index (χ1v) is 16.7. The number of amides is 2. The van der Waals surface area contributed by atoms with Gasteiger partial charge < -0.3 is 14.5 Å². The number of aromatic nitrogens is 2. The number of nitrogens with one attached hydrogen (secondary N) is 1. The van der Waals surface area contributed by atoms with Crippen LogP contribution >= 0.6 is 0 Å². The predicted octanol–water partition coefficient (Wildman–Crippen LogP) is 8.36. The van der Waals surface area contributed by atoms with Crippen molar-refractivity contribution in [2.75, 3.05) is 13.1 Å². The summed E-state index contributed by atoms with van der Waals surface area (Å²) in [4.78, 5) is 42.3. The minimum Gasteiger partial charge on any atom is -0.444 e. The second-order valence-electron chi connectivity index (χ2n) is 14.8. The number of imidazole rings is 1. The molecule has 0 spiro atoms. The Labute approximate surface area is 272 Å². The van der Waals surface area contributed by atoms with E-state index in [4.69, 9.17) is 19.5 Å². The summed E-state index contributed by atoms with van der Waals surface area (Å²) in [7, 11) is 0. The Morgan fingerprint density at radius 3 is 2.09 bits per heavy atom. The molecule has 1 N–H and O–H groups in total. The standard InChI is InChI=1S/C37H47N5O4/c1-36(2,3)45-34(43)41-19-7-9-31(41)30-21-25(23-38-30)12-11-24-13-15-26(16-14-24)27-17-18-28-29(22-27)40-33(39-28)32-10-8-20-42(32)35(44)46-37(4,5)6/h13-18,22-23,31-32H,7-12,19-21H2,1-6H3,(H,39,40)/t31-,32-/m0/s1. The van der Waals surface area contributed by atoms with Gasteiger partial charge in [0, 0.05) is 31.4 Å². The molecule has 9 heteroatoms. The van der Waals surface area contributed by atoms with Crippen LogP contribution < -0.4 is 0 Å². The number of benzene rings is 2. The van der Waals surface area contributed by atoms with Crippen LogP contribution in [0, 0.1) is 0 Å². The van der Waals surface area contributed by atoms with Crippen LogP contribution in [0.4, 0.5) is 9.59 Å². The normalized spacial score (nSPS) is 20.3. The van der Waals surface area contributed by atoms with E-state index in [1.165, 1.54) is 11.1 Å². The molecular weight excluding hydrogens is 578 g/mol. The minimum absolute atomic E-state index is 0.0354. The molecular formula is C37H47N5O4. The highest BCUT2D eigenvalue weighted by atomic mass is 16.6. The lowest BCUT2D eigenvalue weighted by atomic mass is 9.97. The number of ether oxygens (including phenoxy) is 2. The molecule has 9 nitrogen and oxygen atoms in total. The molecule has 0 bridgehead atoms. The van der Waals surface area contributed by atoms with Gasteiger partial charge >= 0.3 is 12.2 Å². The summed E-state index contributed by atoms with van der Waals surface area (Å²) >= 11 is 0. The lowest BCUT2D eigenvalue weighted by molar-refractivity contribution is 0.0216. The number of aryl methyl sites for hydroxylation is 1. The van der Waals surface area contributed by atoms with E-state index >= 15 is 0 Å². The fourth-order valence-electron chi connectivity index (χ4n) is 6.63. The molecule has 1 aromatic heterocycles. The molecule has 0 saturated carbocycles. The first-order chi connectivity index (χ1) is 21.8. The third-order valence-corrected chi connectivity index (χ3v) is 8.81. The minimum atomic E-state index is -0.531. The van der Waals surface area contributed by atoms with Crippen molar-refractivity contribution >= 4 is 28.9 Å². The number of rotatable bonds is 6. The fourth-order valence-corrected chi connectivity index (χ4v) is 6.63. The van der Waals surface area contributed by atoms with Crippen molar-refractivity contribution in [3.63, 3.8) is 0 Å². The Morgan fingerprint density at radius 2 is 1.43 bits per heavy atom. The fraction of sp³-hybridized carbons (Fsp3) is 0.514. The molecule has 2 saturated heterocycles. The van der Waals surface area contributed by atoms with Gasteiger partial charge in [-0.15, -0.1) is 0 Å². The number of hydrogen-bond donors (Lipinski definition) is 1. The molecule has 3 aliphatic rings. The molecule has 3 aromatic rings. The molecule has 2 aromatic carbocycles. The van der Waals surface area contributed by atoms with Crippen LogP contribution in [0.25, 0.3) is 22.2 Å². The van der Waals surface area contributed by atoms with E-state index in [2.05, 4.69) is 41.4 Å². The molecule has 0 aliphatic carbocycles. The molecule has 0 radical (unpaired) electrons. The average Bonchev–Trinajstić information content (AvgIpc) is 3.79. The summed E-state index contributed by atoms with van der Waals surface area (Å²) in [5.74, 6) is 0.810. The third-order valence-electron chi connectivity index (χ3n) is 8.81. The Kier molecular flexibility index (Phi) is 8.70. The van der Waals surface area contributed by atoms with Crippen molar-refractivity contribution in [3.05, 3.63) is 65.6 Å². The highest BCUT2D eigenvalue weighted by Gasteiger charge is 2.37. The highest BCUT2D eigenvalue weighted by molar-refractivity contribution is 5.96. The van der Waals surface area contributed by atoms with Crippen LogP contribution in [-0.2, 0) is 15.9 Å². The number of aromatic amines is 1. The van der Waals surface area contributed by atoms with Crippen LogP contribution in [0.15, 0.2) is 59.2 Å². The lowest BCUT2D eigenvalue weighted by Gasteiger charge is -2.28. The molecule has 2 atom stereocenters. The Hall–Kier alpha value is -4.14. The van der Waals surface area contributed by atoms with Crippen molar-refractivity contribution < 1.29 is 19.1 Å². The zero-order valence-corrected chi connectivity index (χ0v) is 28.1. The van der Waals surface area contributed by atoms with Crippen molar-refractivity contribution in [1.82, 2.24) is 19.8 Å². The Balaban J connectivity index is 1.04. The summed E-state index contributed by atoms with van der Waals surface area (Å²) in [5.41, 5.74) is 6.75. The summed E-state index contributed by atoms with van der Waals surface area (Å²) in [5, 5.41) is 0. The van der Waals surface area contributed by atoms with Gasteiger partial charge in [0.05, 0.1) is 23.1 Å². The number of nitrogens with zero attached hydrogens (tertiary/aromatic N) is 4. The molecule has 2 fully saturated rings. The monoisotopic (exact) mass is 625 g/mol. The van der Waals surface area contributed by atoms with E-state index in [-0.39, 0.29) is 24.3 Å². The van der Waals surface area contributed by atoms with Gasteiger partial charge in [-0.2, -0.15) is 0 Å². The van der Waals surface area contributed by atoms with Crippen LogP contribution in [0.2, 0.25) is 0 Å². The van der Waals surface area contributed by atoms with Gasteiger partial charge in [-0.1, -0.05) is 30.3 Å². The summed E-state index contributed by atoms with van der Waals surface area (Å²) in [6, 6.07) is 15.0. The molecule has 6 rings (SSSR count). The zero-order valence-electron chi connectivity index (χ0n) is 28.1. The van der Waals surface area contributed by atoms with Crippen LogP contribution in [0.3, 0.4) is 0 Å². The molecule has 46 heavy (non-hydrogen) atoms. The first kappa shape index (κ1) is 31.8. The second-order valence-corrected chi connectivity index (χ2v) is 14.8. The SMILES string of the molecule is CC(C)(C)OC(=O)N1CCC[C@H]1C1=NC=C(CCc2ccc(-c3ccc4nc([C@@H]5CCCN5C(=O)OC(C)(C)C)[nH]c4c3)cc2)C1. The average molecular weight is 626 g/mol. The lowest BCUT2D eigenvalue weighted by Crippen LogP contribution is -2.43. The number of allylic oxidation sites excluding steroid dienone is 1. The number of carbonyl (C=O) groups excluding carboxylic acids is 2. The maximum absolute atomic E-state index is 12.8. The summed E-state index contributed by atoms with van der Waals surface area (Å²) in [6.45, 7) is 12.8. The topological polar surface area (TPSA) is 100 Å². The first-order valence-electron chi connectivity index (χ1n) is 16.7. The van der Waals surface area contributed by atoms with Gasteiger partial charge in [-0.25, -0.2) is 14.6 Å². The van der Waals surface area contributed by atoms with E-state index in [1.807, 2.05) is 58.7 Å². The zero-order chi connectivity index (χ0) is 32.6. The Bertz CT molecular complexity index is 1660. The number of likely N-dealkylation sites (tertiary alicyclic amines) is 2. The third kappa shape index (κ3) is 7.29. The number of aliphatic imine (C=N–C) groups is 1. The van der Waals surface area contributed by atoms with E-state index < -0.39 is 11.2 Å². The van der Waals surface area contributed by atoms with Crippen molar-refractivity contribution in [2.24, 2.45) is 4.99 Å². The molecule has 2 amide bonds. The van der Waals surface area contributed by atoms with Crippen LogP contribution in [0.5, 0.6) is 0 Å².